The molecule has 1 heterocycles. The molecule has 0 bridgehead atoms. The first-order valence-corrected chi connectivity index (χ1v) is 12.4. The Morgan fingerprint density at radius 3 is 2.17 bits per heavy atom. The molecule has 2 aromatic carbocycles. The highest BCUT2D eigenvalue weighted by molar-refractivity contribution is 14.1. The third-order valence-corrected chi connectivity index (χ3v) is 8.03. The first-order chi connectivity index (χ1) is 14.0. The van der Waals surface area contributed by atoms with Crippen LogP contribution >= 0.6 is 34.2 Å². The van der Waals surface area contributed by atoms with Crippen molar-refractivity contribution in [3.8, 4) is 11.1 Å². The number of benzene rings is 2. The van der Waals surface area contributed by atoms with Crippen molar-refractivity contribution in [1.82, 2.24) is 21.7 Å². The van der Waals surface area contributed by atoms with E-state index >= 15 is 0 Å². The Bertz CT molecular complexity index is 810. The lowest BCUT2D eigenvalue weighted by atomic mass is 9.79. The van der Waals surface area contributed by atoms with Crippen molar-refractivity contribution in [2.75, 3.05) is 0 Å². The topological polar surface area (TPSA) is 48.1 Å². The summed E-state index contributed by atoms with van der Waals surface area (Å²) < 4.78 is 1.02. The Hall–Kier alpha value is -0.700. The van der Waals surface area contributed by atoms with Crippen LogP contribution in [0.1, 0.15) is 62.7 Å². The Labute approximate surface area is 192 Å². The molecule has 2 aliphatic rings. The van der Waals surface area contributed by atoms with Gasteiger partial charge < -0.3 is 0 Å². The van der Waals surface area contributed by atoms with Crippen LogP contribution in [0.25, 0.3) is 11.1 Å². The summed E-state index contributed by atoms with van der Waals surface area (Å²) in [6.07, 6.45) is 7.21. The fourth-order valence-corrected chi connectivity index (χ4v) is 5.31. The molecule has 29 heavy (non-hydrogen) atoms. The zero-order valence-corrected chi connectivity index (χ0v) is 19.8. The molecular formula is C23H30ClIN4. The predicted octanol–water partition coefficient (Wildman–Crippen LogP) is 5.74. The van der Waals surface area contributed by atoms with Crippen molar-refractivity contribution in [2.45, 2.75) is 61.2 Å². The number of halogens is 2. The molecule has 0 aromatic heterocycles. The van der Waals surface area contributed by atoms with Gasteiger partial charge in [0.1, 0.15) is 6.17 Å². The van der Waals surface area contributed by atoms with Crippen LogP contribution in [-0.4, -0.2) is 5.12 Å². The van der Waals surface area contributed by atoms with E-state index in [4.69, 9.17) is 11.6 Å². The Balaban J connectivity index is 1.53. The highest BCUT2D eigenvalue weighted by Crippen LogP contribution is 2.45. The Morgan fingerprint density at radius 1 is 0.931 bits per heavy atom. The van der Waals surface area contributed by atoms with E-state index in [2.05, 4.69) is 99.7 Å². The van der Waals surface area contributed by atoms with Gasteiger partial charge >= 0.3 is 0 Å². The summed E-state index contributed by atoms with van der Waals surface area (Å²) in [5.74, 6) is 0. The van der Waals surface area contributed by atoms with Gasteiger partial charge in [-0.3, -0.25) is 0 Å². The number of hydrogen-bond acceptors (Lipinski definition) is 4. The van der Waals surface area contributed by atoms with E-state index in [1.807, 2.05) is 0 Å². The zero-order chi connectivity index (χ0) is 20.3. The van der Waals surface area contributed by atoms with Crippen LogP contribution in [0, 0.1) is 5.41 Å². The molecule has 156 valence electrons. The molecule has 1 saturated carbocycles. The first kappa shape index (κ1) is 21.5. The molecule has 0 unspecified atom stereocenters. The van der Waals surface area contributed by atoms with Gasteiger partial charge in [-0.2, -0.15) is 0 Å². The maximum absolute atomic E-state index is 7.06. The van der Waals surface area contributed by atoms with Gasteiger partial charge in [-0.25, -0.2) is 21.7 Å². The first-order valence-electron chi connectivity index (χ1n) is 10.5. The lowest BCUT2D eigenvalue weighted by molar-refractivity contribution is 0.0399. The molecule has 2 fully saturated rings. The highest BCUT2D eigenvalue weighted by atomic mass is 127. The van der Waals surface area contributed by atoms with Crippen LogP contribution in [0.2, 0.25) is 0 Å². The predicted molar refractivity (Wildman–Crippen MR) is 129 cm³/mol. The van der Waals surface area contributed by atoms with E-state index in [1.54, 1.807) is 0 Å². The number of nitrogens with one attached hydrogen (secondary N) is 4. The molecule has 0 atom stereocenters. The third-order valence-electron chi connectivity index (χ3n) is 6.51. The summed E-state index contributed by atoms with van der Waals surface area (Å²) in [4.78, 5) is 0. The number of alkyl halides is 2. The number of hydrazine groups is 2. The van der Waals surface area contributed by atoms with Crippen molar-refractivity contribution >= 4 is 34.2 Å². The van der Waals surface area contributed by atoms with E-state index in [0.717, 1.165) is 17.3 Å². The van der Waals surface area contributed by atoms with Gasteiger partial charge in [0, 0.05) is 9.84 Å². The molecule has 1 aliphatic carbocycles. The molecule has 0 radical (unpaired) electrons. The number of hydrogen-bond donors (Lipinski definition) is 4. The lowest BCUT2D eigenvalue weighted by Crippen LogP contribution is -2.75. The van der Waals surface area contributed by atoms with Gasteiger partial charge in [-0.1, -0.05) is 115 Å². The van der Waals surface area contributed by atoms with Gasteiger partial charge in [-0.15, -0.1) is 0 Å². The van der Waals surface area contributed by atoms with Crippen LogP contribution < -0.4 is 21.7 Å². The molecule has 4 nitrogen and oxygen atoms in total. The minimum Gasteiger partial charge on any atom is -0.233 e. The average molecular weight is 525 g/mol. The summed E-state index contributed by atoms with van der Waals surface area (Å²) in [6.45, 7) is 2.29. The van der Waals surface area contributed by atoms with Gasteiger partial charge in [0.05, 0.1) is 0 Å². The minimum atomic E-state index is -0.718. The molecule has 1 saturated heterocycles. The maximum atomic E-state index is 7.06. The fraction of sp³-hybridized carbons (Fsp3) is 0.478. The molecule has 4 rings (SSSR count). The van der Waals surface area contributed by atoms with Crippen LogP contribution in [-0.2, 0) is 4.43 Å². The SMILES string of the molecule is CC1(C2(Cl)NNC(c3ccccc3-c3ccc(CI)cc3)NN2)CCCCCC1. The number of rotatable bonds is 4. The van der Waals surface area contributed by atoms with Gasteiger partial charge in [0.15, 0.2) is 5.12 Å². The van der Waals surface area contributed by atoms with Gasteiger partial charge in [0.25, 0.3) is 0 Å². The van der Waals surface area contributed by atoms with Crippen LogP contribution in [0.15, 0.2) is 48.5 Å². The molecule has 0 amide bonds. The van der Waals surface area contributed by atoms with E-state index in [-0.39, 0.29) is 11.6 Å². The summed E-state index contributed by atoms with van der Waals surface area (Å²) in [5.41, 5.74) is 18.7. The van der Waals surface area contributed by atoms with E-state index in [0.29, 0.717) is 0 Å². The molecule has 2 aromatic rings. The zero-order valence-electron chi connectivity index (χ0n) is 16.9. The van der Waals surface area contributed by atoms with Gasteiger partial charge in [0.2, 0.25) is 0 Å². The lowest BCUT2D eigenvalue weighted by Gasteiger charge is -2.49. The van der Waals surface area contributed by atoms with Gasteiger partial charge in [-0.05, 0) is 35.1 Å². The fourth-order valence-electron chi connectivity index (χ4n) is 4.51. The van der Waals surface area contributed by atoms with Crippen LogP contribution in [0.3, 0.4) is 0 Å². The normalized spacial score (nSPS) is 27.3. The molecule has 0 spiro atoms. The maximum Gasteiger partial charge on any atom is 0.176 e. The van der Waals surface area contributed by atoms with E-state index < -0.39 is 5.12 Å². The third kappa shape index (κ3) is 4.50. The van der Waals surface area contributed by atoms with E-state index in [9.17, 15) is 0 Å². The monoisotopic (exact) mass is 524 g/mol. The molecule has 6 heteroatoms. The highest BCUT2D eigenvalue weighted by Gasteiger charge is 2.49. The summed E-state index contributed by atoms with van der Waals surface area (Å²) in [7, 11) is 0. The summed E-state index contributed by atoms with van der Waals surface area (Å²) >= 11 is 9.46. The van der Waals surface area contributed by atoms with Crippen molar-refractivity contribution in [2.24, 2.45) is 5.41 Å². The molecular weight excluding hydrogens is 495 g/mol. The summed E-state index contributed by atoms with van der Waals surface area (Å²) in [6, 6.07) is 17.3. The quantitative estimate of drug-likeness (QED) is 0.178. The summed E-state index contributed by atoms with van der Waals surface area (Å²) in [5, 5.41) is -0.718. The average Bonchev–Trinajstić information content (AvgIpc) is 3.00. The second-order valence-corrected chi connectivity index (χ2v) is 9.85. The standard InChI is InChI=1S/C23H30ClIN4/c1-22(14-6-2-3-7-15-22)23(24)28-26-21(27-29-23)20-9-5-4-8-19(20)18-12-10-17(16-25)11-13-18/h4-5,8-13,21,26-29H,2-3,6-7,14-16H2,1H3. The van der Waals surface area contributed by atoms with Crippen LogP contribution in [0.5, 0.6) is 0 Å². The largest absolute Gasteiger partial charge is 0.233 e. The molecule has 4 N–H and O–H groups in total. The smallest absolute Gasteiger partial charge is 0.176 e. The second-order valence-electron chi connectivity index (χ2n) is 8.52. The Kier molecular flexibility index (Phi) is 6.83. The second kappa shape index (κ2) is 9.20. The van der Waals surface area contributed by atoms with Crippen molar-refractivity contribution in [1.29, 1.82) is 0 Å². The van der Waals surface area contributed by atoms with Crippen molar-refractivity contribution < 1.29 is 0 Å². The molecule has 1 aliphatic heterocycles. The van der Waals surface area contributed by atoms with Crippen molar-refractivity contribution in [3.63, 3.8) is 0 Å². The van der Waals surface area contributed by atoms with Crippen molar-refractivity contribution in [3.05, 3.63) is 59.7 Å². The minimum absolute atomic E-state index is 0.0230. The van der Waals surface area contributed by atoms with Crippen LogP contribution in [0.4, 0.5) is 0 Å². The van der Waals surface area contributed by atoms with E-state index in [1.165, 1.54) is 47.9 Å². The Morgan fingerprint density at radius 2 is 1.55 bits per heavy atom.